The Hall–Kier alpha value is -1.11. The molecule has 0 radical (unpaired) electrons. The average molecular weight is 388 g/mol. The Balaban J connectivity index is 1.87. The maximum absolute atomic E-state index is 12.5. The number of methoxy groups -OCH3 is 1. The lowest BCUT2D eigenvalue weighted by Crippen LogP contribution is -2.54. The smallest absolute Gasteiger partial charge is 0.242 e. The minimum Gasteiger partial charge on any atom is -0.496 e. The molecule has 2 atom stereocenters. The molecule has 130 valence electrons. The van der Waals surface area contributed by atoms with Gasteiger partial charge in [0.05, 0.1) is 23.7 Å². The van der Waals surface area contributed by atoms with Gasteiger partial charge in [-0.15, -0.1) is 0 Å². The van der Waals surface area contributed by atoms with Crippen molar-refractivity contribution in [3.05, 3.63) is 27.7 Å². The molecule has 0 saturated carbocycles. The molecule has 5 nitrogen and oxygen atoms in total. The average Bonchev–Trinajstić information content (AvgIpc) is 3.00. The lowest BCUT2D eigenvalue weighted by Gasteiger charge is -2.37. The summed E-state index contributed by atoms with van der Waals surface area (Å²) >= 11 is 14.0. The van der Waals surface area contributed by atoms with Crippen molar-refractivity contribution in [2.45, 2.75) is 18.4 Å². The summed E-state index contributed by atoms with van der Waals surface area (Å²) in [6, 6.07) is 3.63. The molecule has 0 bridgehead atoms. The first-order valence-corrected chi connectivity index (χ1v) is 9.63. The second-order valence-corrected chi connectivity index (χ2v) is 7.58. The fraction of sp³-hybridized carbons (Fsp3) is 0.500. The summed E-state index contributed by atoms with van der Waals surface area (Å²) in [4.78, 5) is 16.2. The van der Waals surface area contributed by atoms with E-state index >= 15 is 0 Å². The molecular weight excluding hydrogens is 369 g/mol. The zero-order valence-corrected chi connectivity index (χ0v) is 15.8. The molecule has 2 heterocycles. The molecule has 0 unspecified atom stereocenters. The fourth-order valence-corrected chi connectivity index (χ4v) is 4.44. The van der Waals surface area contributed by atoms with Crippen LogP contribution in [-0.4, -0.2) is 59.9 Å². The van der Waals surface area contributed by atoms with E-state index < -0.39 is 0 Å². The summed E-state index contributed by atoms with van der Waals surface area (Å²) in [6.07, 6.45) is 2.65. The van der Waals surface area contributed by atoms with Crippen LogP contribution >= 0.6 is 35.0 Å². The molecular formula is C16H19Cl2N3O2S. The number of carbonyl (C=O) groups excluding carboxylic acids is 1. The number of piperazine rings is 1. The highest BCUT2D eigenvalue weighted by Crippen LogP contribution is 2.44. The number of carbonyl (C=O) groups is 1. The Labute approximate surface area is 155 Å². The number of fused-ring (bicyclic) bond motifs is 1. The monoisotopic (exact) mass is 387 g/mol. The Kier molecular flexibility index (Phi) is 5.18. The van der Waals surface area contributed by atoms with Gasteiger partial charge in [0.1, 0.15) is 5.75 Å². The summed E-state index contributed by atoms with van der Waals surface area (Å²) in [5, 5.41) is 9.41. The molecule has 0 spiro atoms. The van der Waals surface area contributed by atoms with Gasteiger partial charge in [0, 0.05) is 30.6 Å². The minimum absolute atomic E-state index is 0.0599. The highest BCUT2D eigenvalue weighted by Gasteiger charge is 2.42. The van der Waals surface area contributed by atoms with E-state index in [9.17, 15) is 4.79 Å². The van der Waals surface area contributed by atoms with E-state index in [4.69, 9.17) is 33.3 Å². The topological polar surface area (TPSA) is 56.6 Å². The maximum atomic E-state index is 12.5. The van der Waals surface area contributed by atoms with Crippen molar-refractivity contribution in [1.82, 2.24) is 9.80 Å². The molecule has 2 saturated heterocycles. The van der Waals surface area contributed by atoms with E-state index in [2.05, 4.69) is 0 Å². The highest BCUT2D eigenvalue weighted by molar-refractivity contribution is 8.13. The van der Waals surface area contributed by atoms with Crippen LogP contribution in [0.5, 0.6) is 5.75 Å². The van der Waals surface area contributed by atoms with Crippen molar-refractivity contribution in [2.24, 2.45) is 0 Å². The van der Waals surface area contributed by atoms with Crippen LogP contribution in [0.4, 0.5) is 0 Å². The number of benzene rings is 1. The first-order chi connectivity index (χ1) is 11.5. The van der Waals surface area contributed by atoms with Gasteiger partial charge in [0.2, 0.25) is 5.91 Å². The number of halogens is 2. The molecule has 2 aliphatic rings. The van der Waals surface area contributed by atoms with Gasteiger partial charge >= 0.3 is 0 Å². The van der Waals surface area contributed by atoms with Crippen LogP contribution in [0.3, 0.4) is 0 Å². The molecule has 8 heteroatoms. The first kappa shape index (κ1) is 17.7. The Bertz CT molecular complexity index is 686. The Morgan fingerprint density at radius 3 is 2.79 bits per heavy atom. The molecule has 2 aliphatic heterocycles. The zero-order valence-electron chi connectivity index (χ0n) is 13.5. The summed E-state index contributed by atoms with van der Waals surface area (Å²) in [7, 11) is 1.61. The third kappa shape index (κ3) is 3.07. The van der Waals surface area contributed by atoms with Gasteiger partial charge in [-0.1, -0.05) is 35.0 Å². The van der Waals surface area contributed by atoms with Crippen LogP contribution in [0, 0.1) is 5.41 Å². The lowest BCUT2D eigenvalue weighted by molar-refractivity contribution is -0.135. The number of ether oxygens (including phenoxy) is 1. The highest BCUT2D eigenvalue weighted by atomic mass is 35.5. The van der Waals surface area contributed by atoms with Crippen molar-refractivity contribution in [3.63, 3.8) is 0 Å². The summed E-state index contributed by atoms with van der Waals surface area (Å²) in [5.41, 5.74) is 0.875. The number of amides is 1. The third-order valence-electron chi connectivity index (χ3n) is 4.69. The largest absolute Gasteiger partial charge is 0.496 e. The number of amidine groups is 1. The van der Waals surface area contributed by atoms with E-state index in [1.54, 1.807) is 13.2 Å². The van der Waals surface area contributed by atoms with Gasteiger partial charge in [-0.25, -0.2) is 0 Å². The first-order valence-electron chi connectivity index (χ1n) is 7.65. The van der Waals surface area contributed by atoms with Crippen molar-refractivity contribution in [2.75, 3.05) is 33.0 Å². The Morgan fingerprint density at radius 2 is 2.12 bits per heavy atom. The second-order valence-electron chi connectivity index (χ2n) is 6.00. The number of hydrogen-bond acceptors (Lipinski definition) is 4. The van der Waals surface area contributed by atoms with Crippen LogP contribution in [0.1, 0.15) is 17.9 Å². The van der Waals surface area contributed by atoms with Crippen LogP contribution in [0.2, 0.25) is 10.0 Å². The fourth-order valence-electron chi connectivity index (χ4n) is 3.57. The number of hydrogen-bond donors (Lipinski definition) is 1. The van der Waals surface area contributed by atoms with E-state index in [1.807, 2.05) is 22.1 Å². The summed E-state index contributed by atoms with van der Waals surface area (Å²) < 4.78 is 5.46. The van der Waals surface area contributed by atoms with E-state index in [-0.39, 0.29) is 24.4 Å². The standard InChI is InChI=1S/C16H19Cl2N3O2S/c1-23-12-4-3-11(17)15(18)14(12)9-5-10-7-20(16(19)24-2)8-13(22)21(10)6-9/h3-4,9-10,19H,5-8H2,1-2H3/t9-,10-/m0/s1. The molecule has 1 N–H and O–H groups in total. The van der Waals surface area contributed by atoms with Crippen LogP contribution in [0.25, 0.3) is 0 Å². The summed E-state index contributed by atoms with van der Waals surface area (Å²) in [6.45, 7) is 1.56. The minimum atomic E-state index is 0.0599. The van der Waals surface area contributed by atoms with E-state index in [1.165, 1.54) is 11.8 Å². The van der Waals surface area contributed by atoms with Gasteiger partial charge in [0.15, 0.2) is 5.17 Å². The van der Waals surface area contributed by atoms with Crippen molar-refractivity contribution >= 4 is 46.0 Å². The maximum Gasteiger partial charge on any atom is 0.242 e. The molecule has 2 fully saturated rings. The van der Waals surface area contributed by atoms with Gasteiger partial charge in [-0.05, 0) is 24.8 Å². The lowest BCUT2D eigenvalue weighted by atomic mass is 9.95. The quantitative estimate of drug-likeness (QED) is 0.624. The molecule has 24 heavy (non-hydrogen) atoms. The molecule has 1 amide bonds. The number of nitrogens with zero attached hydrogens (tertiary/aromatic N) is 2. The van der Waals surface area contributed by atoms with Gasteiger partial charge < -0.3 is 14.5 Å². The van der Waals surface area contributed by atoms with E-state index in [0.29, 0.717) is 34.1 Å². The number of nitrogens with one attached hydrogen (secondary N) is 1. The van der Waals surface area contributed by atoms with Crippen molar-refractivity contribution < 1.29 is 9.53 Å². The van der Waals surface area contributed by atoms with Crippen LogP contribution < -0.4 is 4.74 Å². The second kappa shape index (κ2) is 7.02. The van der Waals surface area contributed by atoms with Gasteiger partial charge in [-0.2, -0.15) is 0 Å². The third-order valence-corrected chi connectivity index (χ3v) is 6.16. The van der Waals surface area contributed by atoms with Crippen molar-refractivity contribution in [3.8, 4) is 5.75 Å². The predicted molar refractivity (Wildman–Crippen MR) is 98.7 cm³/mol. The molecule has 0 aliphatic carbocycles. The zero-order chi connectivity index (χ0) is 17.4. The van der Waals surface area contributed by atoms with Crippen molar-refractivity contribution in [1.29, 1.82) is 5.41 Å². The number of rotatable bonds is 2. The van der Waals surface area contributed by atoms with Crippen LogP contribution in [-0.2, 0) is 4.79 Å². The van der Waals surface area contributed by atoms with Gasteiger partial charge in [-0.3, -0.25) is 10.2 Å². The molecule has 1 aromatic rings. The Morgan fingerprint density at radius 1 is 1.38 bits per heavy atom. The van der Waals surface area contributed by atoms with Crippen LogP contribution in [0.15, 0.2) is 12.1 Å². The normalized spacial score (nSPS) is 23.4. The number of thioether (sulfide) groups is 1. The van der Waals surface area contributed by atoms with E-state index in [0.717, 1.165) is 12.0 Å². The van der Waals surface area contributed by atoms with Gasteiger partial charge in [0.25, 0.3) is 0 Å². The molecule has 3 rings (SSSR count). The molecule has 0 aromatic heterocycles. The summed E-state index contributed by atoms with van der Waals surface area (Å²) in [5.74, 6) is 0.851. The predicted octanol–water partition coefficient (Wildman–Crippen LogP) is 3.30. The SMILES string of the molecule is COc1ccc(Cl)c(Cl)c1[C@H]1C[C@H]2CN(C(=N)SC)CC(=O)N2C1. The molecule has 1 aromatic carbocycles.